The molecule has 1 aliphatic heterocycles. The van der Waals surface area contributed by atoms with Crippen LogP contribution in [0.25, 0.3) is 0 Å². The topological polar surface area (TPSA) is 129 Å². The van der Waals surface area contributed by atoms with Crippen LogP contribution >= 0.6 is 0 Å². The number of rotatable bonds is 23. The molecule has 1 aliphatic rings. The van der Waals surface area contributed by atoms with Gasteiger partial charge in [0.2, 0.25) is 0 Å². The normalized spacial score (nSPS) is 17.5. The van der Waals surface area contributed by atoms with E-state index >= 15 is 0 Å². The van der Waals surface area contributed by atoms with E-state index in [1.165, 1.54) is 35.5 Å². The van der Waals surface area contributed by atoms with Crippen LogP contribution in [0.1, 0.15) is 20.8 Å². The number of nitrogens with zero attached hydrogens (tertiary/aromatic N) is 4. The Kier molecular flexibility index (Phi) is 25.7. The zero-order chi connectivity index (χ0) is 62.6. The van der Waals surface area contributed by atoms with Gasteiger partial charge < -0.3 is 33.2 Å². The molecule has 0 saturated carbocycles. The summed E-state index contributed by atoms with van der Waals surface area (Å²) in [5.41, 5.74) is -29.2. The second kappa shape index (κ2) is 27.7. The molecule has 1 saturated heterocycles. The summed E-state index contributed by atoms with van der Waals surface area (Å²) in [7, 11) is 0. The zero-order valence-electron chi connectivity index (χ0n) is 41.2. The Bertz CT molecular complexity index is 1660. The summed E-state index contributed by atoms with van der Waals surface area (Å²) < 4.78 is 407. The van der Waals surface area contributed by atoms with Crippen molar-refractivity contribution >= 4 is 17.9 Å². The van der Waals surface area contributed by atoms with Gasteiger partial charge in [0, 0.05) is 58.9 Å². The van der Waals surface area contributed by atoms with Crippen LogP contribution in [0.3, 0.4) is 0 Å². The Hall–Kier alpha value is -3.80. The van der Waals surface area contributed by atoms with E-state index in [-0.39, 0.29) is 59.1 Å². The van der Waals surface area contributed by atoms with Gasteiger partial charge in [-0.05, 0) is 20.8 Å². The van der Waals surface area contributed by atoms with Gasteiger partial charge in [-0.25, -0.2) is 0 Å². The summed E-state index contributed by atoms with van der Waals surface area (Å²) in [6.07, 6.45) is -73.1. The van der Waals surface area contributed by atoms with E-state index in [9.17, 15) is 133 Å². The molecule has 0 aliphatic carbocycles. The lowest BCUT2D eigenvalue weighted by Crippen LogP contribution is -2.71. The molecule has 14 nitrogen and oxygen atoms in total. The van der Waals surface area contributed by atoms with E-state index < -0.39 is 168 Å². The third-order valence-electron chi connectivity index (χ3n) is 11.2. The summed E-state index contributed by atoms with van der Waals surface area (Å²) in [6.45, 7) is -18.1. The minimum atomic E-state index is -8.12. The Morgan fingerprint density at radius 1 is 0.325 bits per heavy atom. The molecule has 0 bridgehead atoms. The highest BCUT2D eigenvalue weighted by Gasteiger charge is 2.88. The molecule has 80 heavy (non-hydrogen) atoms. The lowest BCUT2D eigenvalue weighted by molar-refractivity contribution is -0.474. The van der Waals surface area contributed by atoms with Crippen LogP contribution in [0.4, 0.5) is 119 Å². The number of alkyl halides is 27. The fourth-order valence-corrected chi connectivity index (χ4v) is 7.14. The fraction of sp³-hybridized carbons (Fsp3) is 0.923. The smallest absolute Gasteiger partial charge is 0.435 e. The molecule has 0 atom stereocenters. The van der Waals surface area contributed by atoms with Crippen molar-refractivity contribution in [3.05, 3.63) is 0 Å². The van der Waals surface area contributed by atoms with Crippen LogP contribution in [0.2, 0.25) is 0 Å². The zero-order valence-corrected chi connectivity index (χ0v) is 41.2. The number of halogens is 27. The third-order valence-corrected chi connectivity index (χ3v) is 11.2. The van der Waals surface area contributed by atoms with Gasteiger partial charge in [-0.3, -0.25) is 34.0 Å². The van der Waals surface area contributed by atoms with Crippen LogP contribution in [-0.4, -0.2) is 241 Å². The molecule has 1 heterocycles. The molecule has 0 aromatic rings. The predicted molar refractivity (Wildman–Crippen MR) is 209 cm³/mol. The minimum absolute atomic E-state index is 0.0782. The number of carbonyl (C=O) groups is 3. The molecule has 0 unspecified atom stereocenters. The summed E-state index contributed by atoms with van der Waals surface area (Å²) in [5.74, 6) is -2.59. The molecule has 0 N–H and O–H groups in total. The maximum Gasteiger partial charge on any atom is 0.435 e. The highest BCUT2D eigenvalue weighted by atomic mass is 19.5. The average Bonchev–Trinajstić information content (AvgIpc) is 3.22. The molecule has 1 rings (SSSR count). The first-order chi connectivity index (χ1) is 35.9. The Morgan fingerprint density at radius 2 is 0.525 bits per heavy atom. The SMILES string of the molecule is CCOC(=O)CN1CCN(CCOCC(COC(C(F)(F)F)(C(F)(F)F)C(F)(F)F)(COC(C(F)(F)F)(C(F)(F)F)C(F)(F)F)COC(C(F)(F)F)(C(F)(F)F)C(F)(F)F)CCN(CC(=O)OCC)CCN(CC(=O)OCC)CC1. The van der Waals surface area contributed by atoms with E-state index in [2.05, 4.69) is 14.2 Å². The monoisotopic (exact) mass is 1250 g/mol. The van der Waals surface area contributed by atoms with E-state index in [0.717, 1.165) is 4.90 Å². The number of hydrogen-bond acceptors (Lipinski definition) is 14. The number of hydrogen-bond donors (Lipinski definition) is 0. The van der Waals surface area contributed by atoms with Crippen molar-refractivity contribution in [2.45, 2.75) is 93.2 Å². The Balaban J connectivity index is 4.34. The van der Waals surface area contributed by atoms with Gasteiger partial charge in [-0.1, -0.05) is 0 Å². The second-order valence-corrected chi connectivity index (χ2v) is 17.0. The van der Waals surface area contributed by atoms with Gasteiger partial charge in [0.1, 0.15) is 0 Å². The first-order valence-electron chi connectivity index (χ1n) is 22.4. The molecular weight excluding hydrogens is 1200 g/mol. The fourth-order valence-electron chi connectivity index (χ4n) is 7.14. The van der Waals surface area contributed by atoms with Crippen molar-refractivity contribution < 1.29 is 166 Å². The summed E-state index contributed by atoms with van der Waals surface area (Å²) in [4.78, 5) is 42.6. The van der Waals surface area contributed by atoms with Crippen LogP contribution in [0.5, 0.6) is 0 Å². The van der Waals surface area contributed by atoms with Gasteiger partial charge in [0.25, 0.3) is 0 Å². The van der Waals surface area contributed by atoms with Gasteiger partial charge >= 0.3 is 90.3 Å². The number of ether oxygens (including phenoxy) is 7. The van der Waals surface area contributed by atoms with Crippen molar-refractivity contribution in [2.24, 2.45) is 5.41 Å². The highest BCUT2D eigenvalue weighted by Crippen LogP contribution is 2.59. The molecule has 41 heteroatoms. The second-order valence-electron chi connectivity index (χ2n) is 17.0. The van der Waals surface area contributed by atoms with Gasteiger partial charge in [0.05, 0.1) is 77.9 Å². The lowest BCUT2D eigenvalue weighted by atomic mass is 9.89. The van der Waals surface area contributed by atoms with E-state index in [0.29, 0.717) is 0 Å². The van der Waals surface area contributed by atoms with Crippen molar-refractivity contribution in [3.8, 4) is 0 Å². The van der Waals surface area contributed by atoms with Gasteiger partial charge in [-0.15, -0.1) is 0 Å². The standard InChI is InChI=1S/C39H49F27N4O10/c1-4-75-24(71)17-68-9-7-67(8-10-69(18-25(72)76-5-2)12-14-70(13-11-68)19-26(73)77-6-3)15-16-74-20-27(21-78-28(31(40,41)42,32(43,44)45)33(46,47)48,22-79-29(34(49,50)51,35(52,53)54)36(55,56)57)23-80-30(37(58,59)60,38(61,62)63)39(64,65)66/h4-23H2,1-3H3. The summed E-state index contributed by atoms with van der Waals surface area (Å²) in [6, 6.07) is 0. The first-order valence-corrected chi connectivity index (χ1v) is 22.4. The predicted octanol–water partition coefficient (Wildman–Crippen LogP) is 8.23. The third kappa shape index (κ3) is 18.3. The van der Waals surface area contributed by atoms with Crippen molar-refractivity contribution in [1.29, 1.82) is 0 Å². The molecule has 1 fully saturated rings. The molecule has 0 aromatic carbocycles. The largest absolute Gasteiger partial charge is 0.465 e. The van der Waals surface area contributed by atoms with Crippen molar-refractivity contribution in [3.63, 3.8) is 0 Å². The van der Waals surface area contributed by atoms with Crippen molar-refractivity contribution in [2.75, 3.05) is 131 Å². The van der Waals surface area contributed by atoms with E-state index in [4.69, 9.17) is 18.9 Å². The Morgan fingerprint density at radius 3 is 0.713 bits per heavy atom. The number of esters is 3. The van der Waals surface area contributed by atoms with E-state index in [1.807, 2.05) is 0 Å². The van der Waals surface area contributed by atoms with Crippen LogP contribution in [0, 0.1) is 5.41 Å². The Labute approximate surface area is 433 Å². The molecule has 0 amide bonds. The number of carbonyl (C=O) groups excluding carboxylic acids is 3. The van der Waals surface area contributed by atoms with Gasteiger partial charge in [-0.2, -0.15) is 119 Å². The lowest BCUT2D eigenvalue weighted by Gasteiger charge is -2.45. The molecule has 0 spiro atoms. The maximum absolute atomic E-state index is 14.0. The maximum atomic E-state index is 14.0. The van der Waals surface area contributed by atoms with Crippen molar-refractivity contribution in [1.82, 2.24) is 19.6 Å². The average molecular weight is 1250 g/mol. The van der Waals surface area contributed by atoms with Crippen LogP contribution in [-0.2, 0) is 47.5 Å². The first kappa shape index (κ1) is 74.2. The highest BCUT2D eigenvalue weighted by molar-refractivity contribution is 5.72. The van der Waals surface area contributed by atoms with Gasteiger partial charge in [0.15, 0.2) is 0 Å². The minimum Gasteiger partial charge on any atom is -0.465 e. The molecular formula is C39H49F27N4O10. The molecule has 0 radical (unpaired) electrons. The molecule has 0 aromatic heterocycles. The quantitative estimate of drug-likeness (QED) is 0.0422. The van der Waals surface area contributed by atoms with E-state index in [1.54, 1.807) is 0 Å². The molecule has 474 valence electrons. The summed E-state index contributed by atoms with van der Waals surface area (Å²) >= 11 is 0. The van der Waals surface area contributed by atoms with Crippen LogP contribution in [0.15, 0.2) is 0 Å². The van der Waals surface area contributed by atoms with Crippen LogP contribution < -0.4 is 0 Å². The summed E-state index contributed by atoms with van der Waals surface area (Å²) in [5, 5.41) is 0.